The maximum Gasteiger partial charge on any atom is 0.0292 e. The zero-order chi connectivity index (χ0) is 9.52. The van der Waals surface area contributed by atoms with Crippen LogP contribution >= 0.6 is 0 Å². The highest BCUT2D eigenvalue weighted by Gasteiger charge is 2.01. The molecule has 0 unspecified atom stereocenters. The van der Waals surface area contributed by atoms with Crippen molar-refractivity contribution in [3.8, 4) is 0 Å². The summed E-state index contributed by atoms with van der Waals surface area (Å²) < 4.78 is 0. The van der Waals surface area contributed by atoms with Gasteiger partial charge in [-0.25, -0.2) is 0 Å². The third-order valence-electron chi connectivity index (χ3n) is 2.04. The average Bonchev–Trinajstić information content (AvgIpc) is 2.19. The summed E-state index contributed by atoms with van der Waals surface area (Å²) in [5, 5.41) is 3.39. The van der Waals surface area contributed by atoms with E-state index in [9.17, 15) is 0 Å². The fourth-order valence-corrected chi connectivity index (χ4v) is 1.19. The Morgan fingerprint density at radius 1 is 1.46 bits per heavy atom. The molecule has 1 aromatic rings. The van der Waals surface area contributed by atoms with Gasteiger partial charge in [-0.3, -0.25) is 4.98 Å². The molecule has 0 saturated carbocycles. The van der Waals surface area contributed by atoms with Crippen LogP contribution in [0.15, 0.2) is 24.5 Å². The third kappa shape index (κ3) is 3.53. The number of pyridine rings is 1. The summed E-state index contributed by atoms with van der Waals surface area (Å²) in [6.45, 7) is 3.86. The van der Waals surface area contributed by atoms with Crippen LogP contribution in [0.3, 0.4) is 0 Å². The molecular weight excluding hydrogens is 162 g/mol. The predicted octanol–water partition coefficient (Wildman–Crippen LogP) is 1.08. The number of rotatable bonds is 5. The van der Waals surface area contributed by atoms with Gasteiger partial charge < -0.3 is 11.1 Å². The third-order valence-corrected chi connectivity index (χ3v) is 2.04. The second kappa shape index (κ2) is 5.67. The van der Waals surface area contributed by atoms with Crippen molar-refractivity contribution in [1.82, 2.24) is 10.3 Å². The minimum Gasteiger partial charge on any atom is -0.330 e. The first-order chi connectivity index (χ1) is 6.34. The SMILES string of the molecule is C[C@H](NCCCN)c1ccncc1. The van der Waals surface area contributed by atoms with E-state index in [1.54, 1.807) is 0 Å². The molecule has 0 saturated heterocycles. The van der Waals surface area contributed by atoms with Gasteiger partial charge in [-0.05, 0) is 44.1 Å². The summed E-state index contributed by atoms with van der Waals surface area (Å²) in [7, 11) is 0. The zero-order valence-corrected chi connectivity index (χ0v) is 8.03. The minimum absolute atomic E-state index is 0.384. The van der Waals surface area contributed by atoms with E-state index in [1.807, 2.05) is 24.5 Å². The van der Waals surface area contributed by atoms with E-state index >= 15 is 0 Å². The Hall–Kier alpha value is -0.930. The van der Waals surface area contributed by atoms with E-state index in [0.717, 1.165) is 19.5 Å². The summed E-state index contributed by atoms with van der Waals surface area (Å²) >= 11 is 0. The lowest BCUT2D eigenvalue weighted by Crippen LogP contribution is -2.21. The molecule has 72 valence electrons. The van der Waals surface area contributed by atoms with Crippen LogP contribution in [0.2, 0.25) is 0 Å². The normalized spacial score (nSPS) is 12.8. The lowest BCUT2D eigenvalue weighted by molar-refractivity contribution is 0.561. The van der Waals surface area contributed by atoms with E-state index < -0.39 is 0 Å². The molecule has 0 aliphatic rings. The molecule has 0 aromatic carbocycles. The molecule has 0 radical (unpaired) electrons. The van der Waals surface area contributed by atoms with Crippen molar-refractivity contribution in [1.29, 1.82) is 0 Å². The number of hydrogen-bond acceptors (Lipinski definition) is 3. The molecular formula is C10H17N3. The van der Waals surface area contributed by atoms with Crippen LogP contribution in [-0.4, -0.2) is 18.1 Å². The zero-order valence-electron chi connectivity index (χ0n) is 8.03. The molecule has 0 aliphatic carbocycles. The topological polar surface area (TPSA) is 50.9 Å². The van der Waals surface area contributed by atoms with Crippen LogP contribution in [0.4, 0.5) is 0 Å². The standard InChI is InChI=1S/C10H17N3/c1-9(13-6-2-5-11)10-3-7-12-8-4-10/h3-4,7-9,13H,2,5-6,11H2,1H3/t9-/m0/s1. The van der Waals surface area contributed by atoms with Gasteiger partial charge in [0.2, 0.25) is 0 Å². The smallest absolute Gasteiger partial charge is 0.0292 e. The molecule has 0 spiro atoms. The van der Waals surface area contributed by atoms with Crippen LogP contribution in [0.1, 0.15) is 24.9 Å². The number of nitrogens with one attached hydrogen (secondary N) is 1. The highest BCUT2D eigenvalue weighted by Crippen LogP contribution is 2.09. The molecule has 13 heavy (non-hydrogen) atoms. The highest BCUT2D eigenvalue weighted by atomic mass is 14.9. The first-order valence-electron chi connectivity index (χ1n) is 4.68. The molecule has 1 atom stereocenters. The monoisotopic (exact) mass is 179 g/mol. The van der Waals surface area contributed by atoms with Gasteiger partial charge in [-0.1, -0.05) is 0 Å². The number of aromatic nitrogens is 1. The fraction of sp³-hybridized carbons (Fsp3) is 0.500. The lowest BCUT2D eigenvalue weighted by atomic mass is 10.1. The van der Waals surface area contributed by atoms with Gasteiger partial charge in [0, 0.05) is 18.4 Å². The molecule has 1 rings (SSSR count). The minimum atomic E-state index is 0.384. The fourth-order valence-electron chi connectivity index (χ4n) is 1.19. The van der Waals surface area contributed by atoms with Crippen molar-refractivity contribution in [2.24, 2.45) is 5.73 Å². The molecule has 0 fully saturated rings. The van der Waals surface area contributed by atoms with E-state index in [0.29, 0.717) is 6.04 Å². The highest BCUT2D eigenvalue weighted by molar-refractivity contribution is 5.13. The Labute approximate surface area is 79.4 Å². The molecule has 3 heteroatoms. The van der Waals surface area contributed by atoms with Gasteiger partial charge in [0.05, 0.1) is 0 Å². The first-order valence-corrected chi connectivity index (χ1v) is 4.68. The van der Waals surface area contributed by atoms with Gasteiger partial charge >= 0.3 is 0 Å². The van der Waals surface area contributed by atoms with Gasteiger partial charge in [-0.15, -0.1) is 0 Å². The van der Waals surface area contributed by atoms with Crippen LogP contribution in [-0.2, 0) is 0 Å². The van der Waals surface area contributed by atoms with E-state index in [-0.39, 0.29) is 0 Å². The van der Waals surface area contributed by atoms with Gasteiger partial charge in [0.15, 0.2) is 0 Å². The molecule has 1 aromatic heterocycles. The van der Waals surface area contributed by atoms with E-state index in [4.69, 9.17) is 5.73 Å². The summed E-state index contributed by atoms with van der Waals surface area (Å²) in [6, 6.07) is 4.44. The quantitative estimate of drug-likeness (QED) is 0.665. The average molecular weight is 179 g/mol. The van der Waals surface area contributed by atoms with Crippen molar-refractivity contribution in [3.05, 3.63) is 30.1 Å². The molecule has 3 N–H and O–H groups in total. The van der Waals surface area contributed by atoms with Gasteiger partial charge in [0.1, 0.15) is 0 Å². The summed E-state index contributed by atoms with van der Waals surface area (Å²) in [6.07, 6.45) is 4.66. The molecule has 0 amide bonds. The second-order valence-corrected chi connectivity index (χ2v) is 3.10. The maximum atomic E-state index is 5.40. The van der Waals surface area contributed by atoms with Crippen molar-refractivity contribution in [2.75, 3.05) is 13.1 Å². The van der Waals surface area contributed by atoms with Crippen molar-refractivity contribution in [2.45, 2.75) is 19.4 Å². The summed E-state index contributed by atoms with van der Waals surface area (Å²) in [5.74, 6) is 0. The molecule has 3 nitrogen and oxygen atoms in total. The van der Waals surface area contributed by atoms with Crippen LogP contribution in [0.25, 0.3) is 0 Å². The number of nitrogens with two attached hydrogens (primary N) is 1. The van der Waals surface area contributed by atoms with Crippen LogP contribution < -0.4 is 11.1 Å². The van der Waals surface area contributed by atoms with Crippen LogP contribution in [0, 0.1) is 0 Å². The molecule has 0 aliphatic heterocycles. The Morgan fingerprint density at radius 2 is 2.15 bits per heavy atom. The second-order valence-electron chi connectivity index (χ2n) is 3.10. The van der Waals surface area contributed by atoms with Crippen LogP contribution in [0.5, 0.6) is 0 Å². The van der Waals surface area contributed by atoms with Gasteiger partial charge in [-0.2, -0.15) is 0 Å². The Bertz CT molecular complexity index is 223. The Morgan fingerprint density at radius 3 is 2.77 bits per heavy atom. The Balaban J connectivity index is 2.35. The molecule has 1 heterocycles. The van der Waals surface area contributed by atoms with Crippen molar-refractivity contribution >= 4 is 0 Å². The number of hydrogen-bond donors (Lipinski definition) is 2. The summed E-state index contributed by atoms with van der Waals surface area (Å²) in [4.78, 5) is 3.98. The lowest BCUT2D eigenvalue weighted by Gasteiger charge is -2.13. The maximum absolute atomic E-state index is 5.40. The first kappa shape index (κ1) is 10.2. The predicted molar refractivity (Wildman–Crippen MR) is 54.3 cm³/mol. The Kier molecular flexibility index (Phi) is 4.43. The van der Waals surface area contributed by atoms with Crippen molar-refractivity contribution < 1.29 is 0 Å². The number of nitrogens with zero attached hydrogens (tertiary/aromatic N) is 1. The largest absolute Gasteiger partial charge is 0.330 e. The van der Waals surface area contributed by atoms with E-state index in [1.165, 1.54) is 5.56 Å². The molecule has 0 bridgehead atoms. The van der Waals surface area contributed by atoms with E-state index in [2.05, 4.69) is 17.2 Å². The van der Waals surface area contributed by atoms with Crippen molar-refractivity contribution in [3.63, 3.8) is 0 Å². The van der Waals surface area contributed by atoms with Gasteiger partial charge in [0.25, 0.3) is 0 Å². The summed E-state index contributed by atoms with van der Waals surface area (Å²) in [5.41, 5.74) is 6.67.